The molecule has 0 aliphatic carbocycles. The monoisotopic (exact) mass is 332 g/mol. The molecule has 9 heteroatoms. The summed E-state index contributed by atoms with van der Waals surface area (Å²) in [5, 5.41) is 0.804. The van der Waals surface area contributed by atoms with E-state index in [2.05, 4.69) is 19.7 Å². The first-order valence-corrected chi connectivity index (χ1v) is 7.67. The Labute approximate surface area is 133 Å². The molecule has 2 heterocycles. The van der Waals surface area contributed by atoms with Gasteiger partial charge in [-0.15, -0.1) is 0 Å². The van der Waals surface area contributed by atoms with E-state index in [-0.39, 0.29) is 5.95 Å². The molecule has 23 heavy (non-hydrogen) atoms. The molecule has 2 aromatic heterocycles. The van der Waals surface area contributed by atoms with E-state index in [1.165, 1.54) is 12.4 Å². The summed E-state index contributed by atoms with van der Waals surface area (Å²) < 4.78 is 34.1. The summed E-state index contributed by atoms with van der Waals surface area (Å²) in [7, 11) is -1.21. The number of anilines is 1. The first-order valence-electron chi connectivity index (χ1n) is 6.49. The number of nitrogens with one attached hydrogen (secondary N) is 1. The van der Waals surface area contributed by atoms with Gasteiger partial charge < -0.3 is 9.47 Å². The lowest BCUT2D eigenvalue weighted by atomic mass is 10.2. The van der Waals surface area contributed by atoms with Gasteiger partial charge in [0.2, 0.25) is 16.8 Å². The van der Waals surface area contributed by atoms with E-state index in [1.54, 1.807) is 25.4 Å². The van der Waals surface area contributed by atoms with Gasteiger partial charge in [0.25, 0.3) is 0 Å². The topological polar surface area (TPSA) is 103 Å². The molecule has 1 aromatic carbocycles. The number of methoxy groups -OCH3 is 1. The number of pyridine rings is 1. The Hall–Kier alpha value is -2.94. The van der Waals surface area contributed by atoms with Crippen molar-refractivity contribution in [3.8, 4) is 17.2 Å². The highest BCUT2D eigenvalue weighted by atomic mass is 32.2. The van der Waals surface area contributed by atoms with Gasteiger partial charge in [0, 0.05) is 17.6 Å². The largest absolute Gasteiger partial charge is 0.497 e. The molecule has 0 saturated heterocycles. The molecule has 3 rings (SSSR count). The number of hydrogen-bond acceptors (Lipinski definition) is 7. The molecular weight excluding hydrogens is 320 g/mol. The van der Waals surface area contributed by atoms with Gasteiger partial charge in [-0.1, -0.05) is 0 Å². The summed E-state index contributed by atoms with van der Waals surface area (Å²) in [6.07, 6.45) is 4.38. The molecular formula is C14H12N4O4S. The summed E-state index contributed by atoms with van der Waals surface area (Å²) in [5.74, 6) is 1.64. The molecule has 0 aliphatic heterocycles. The highest BCUT2D eigenvalue weighted by Crippen LogP contribution is 2.30. The molecule has 0 radical (unpaired) electrons. The van der Waals surface area contributed by atoms with Crippen LogP contribution in [0.3, 0.4) is 0 Å². The van der Waals surface area contributed by atoms with Crippen LogP contribution < -0.4 is 14.2 Å². The van der Waals surface area contributed by atoms with Crippen LogP contribution in [-0.2, 0) is 10.9 Å². The Morgan fingerprint density at radius 1 is 1.04 bits per heavy atom. The first kappa shape index (κ1) is 15.0. The molecule has 0 aliphatic rings. The Morgan fingerprint density at radius 3 is 2.52 bits per heavy atom. The van der Waals surface area contributed by atoms with Crippen LogP contribution in [0.1, 0.15) is 0 Å². The Balaban J connectivity index is 1.89. The SMILES string of the molecule is COc1ccc2c(Oc3cnc(N[SH](=O)=O)nc3)ccnc2c1. The van der Waals surface area contributed by atoms with E-state index in [0.717, 1.165) is 10.9 Å². The molecule has 0 spiro atoms. The second kappa shape index (κ2) is 6.44. The van der Waals surface area contributed by atoms with Crippen molar-refractivity contribution in [3.63, 3.8) is 0 Å². The van der Waals surface area contributed by atoms with Crippen molar-refractivity contribution in [1.82, 2.24) is 15.0 Å². The van der Waals surface area contributed by atoms with Crippen molar-refractivity contribution in [2.45, 2.75) is 0 Å². The van der Waals surface area contributed by atoms with Crippen molar-refractivity contribution in [3.05, 3.63) is 42.9 Å². The quantitative estimate of drug-likeness (QED) is 0.686. The molecule has 118 valence electrons. The third-order valence-corrected chi connectivity index (χ3v) is 3.34. The zero-order valence-corrected chi connectivity index (χ0v) is 12.9. The second-order valence-electron chi connectivity index (χ2n) is 4.41. The van der Waals surface area contributed by atoms with Gasteiger partial charge in [-0.2, -0.15) is 0 Å². The number of fused-ring (bicyclic) bond motifs is 1. The van der Waals surface area contributed by atoms with E-state index in [9.17, 15) is 8.42 Å². The minimum atomic E-state index is -2.80. The van der Waals surface area contributed by atoms with Crippen molar-refractivity contribution in [2.75, 3.05) is 11.8 Å². The molecule has 1 N–H and O–H groups in total. The summed E-state index contributed by atoms with van der Waals surface area (Å²) in [4.78, 5) is 12.0. The molecule has 0 bridgehead atoms. The molecule has 0 atom stereocenters. The van der Waals surface area contributed by atoms with Gasteiger partial charge in [-0.3, -0.25) is 9.71 Å². The fraction of sp³-hybridized carbons (Fsp3) is 0.0714. The fourth-order valence-electron chi connectivity index (χ4n) is 1.95. The number of hydrogen-bond donors (Lipinski definition) is 2. The molecule has 0 amide bonds. The van der Waals surface area contributed by atoms with Crippen LogP contribution in [-0.4, -0.2) is 30.5 Å². The van der Waals surface area contributed by atoms with Crippen LogP contribution in [0.2, 0.25) is 0 Å². The van der Waals surface area contributed by atoms with E-state index in [4.69, 9.17) is 9.47 Å². The van der Waals surface area contributed by atoms with Crippen LogP contribution in [0, 0.1) is 0 Å². The fourth-order valence-corrected chi connectivity index (χ4v) is 2.23. The number of benzene rings is 1. The van der Waals surface area contributed by atoms with Crippen LogP contribution in [0.4, 0.5) is 5.95 Å². The van der Waals surface area contributed by atoms with E-state index in [0.29, 0.717) is 17.2 Å². The third kappa shape index (κ3) is 3.46. The summed E-state index contributed by atoms with van der Waals surface area (Å²) in [6.45, 7) is 0. The molecule has 3 aromatic rings. The lowest BCUT2D eigenvalue weighted by molar-refractivity contribution is 0.415. The van der Waals surface area contributed by atoms with Crippen LogP contribution in [0.15, 0.2) is 42.9 Å². The first-order chi connectivity index (χ1) is 11.2. The average Bonchev–Trinajstić information content (AvgIpc) is 2.56. The van der Waals surface area contributed by atoms with Gasteiger partial charge in [0.05, 0.1) is 25.0 Å². The highest BCUT2D eigenvalue weighted by Gasteiger charge is 2.07. The number of aromatic nitrogens is 3. The minimum Gasteiger partial charge on any atom is -0.497 e. The van der Waals surface area contributed by atoms with E-state index in [1.807, 2.05) is 12.1 Å². The van der Waals surface area contributed by atoms with E-state index < -0.39 is 10.9 Å². The highest BCUT2D eigenvalue weighted by molar-refractivity contribution is 7.73. The standard InChI is InChI=1S/C14H12N4O4S/c1-21-9-2-3-11-12(6-9)15-5-4-13(11)22-10-7-16-14(17-8-10)18-23(19)20/h2-8,23H,1H3,(H,16,17,18,19,20). The average molecular weight is 332 g/mol. The molecule has 0 fully saturated rings. The zero-order chi connectivity index (χ0) is 16.2. The molecule has 8 nitrogen and oxygen atoms in total. The van der Waals surface area contributed by atoms with Crippen molar-refractivity contribution in [2.24, 2.45) is 0 Å². The van der Waals surface area contributed by atoms with Crippen molar-refractivity contribution < 1.29 is 17.9 Å². The molecule has 0 saturated carbocycles. The van der Waals surface area contributed by atoms with Crippen LogP contribution in [0.25, 0.3) is 10.9 Å². The predicted molar refractivity (Wildman–Crippen MR) is 84.3 cm³/mol. The summed E-state index contributed by atoms with van der Waals surface area (Å²) in [5.41, 5.74) is 0.726. The predicted octanol–water partition coefficient (Wildman–Crippen LogP) is 1.76. The Bertz CT molecular complexity index is 904. The van der Waals surface area contributed by atoms with Gasteiger partial charge in [-0.25, -0.2) is 18.4 Å². The van der Waals surface area contributed by atoms with Gasteiger partial charge in [0.15, 0.2) is 5.75 Å². The lowest BCUT2D eigenvalue weighted by Crippen LogP contribution is -2.00. The number of thiol groups is 1. The third-order valence-electron chi connectivity index (χ3n) is 2.96. The summed E-state index contributed by atoms with van der Waals surface area (Å²) >= 11 is 0. The maximum atomic E-state index is 10.5. The van der Waals surface area contributed by atoms with Crippen molar-refractivity contribution >= 4 is 27.7 Å². The van der Waals surface area contributed by atoms with E-state index >= 15 is 0 Å². The smallest absolute Gasteiger partial charge is 0.236 e. The second-order valence-corrected chi connectivity index (χ2v) is 5.14. The Morgan fingerprint density at radius 2 is 1.83 bits per heavy atom. The van der Waals surface area contributed by atoms with Crippen molar-refractivity contribution in [1.29, 1.82) is 0 Å². The maximum absolute atomic E-state index is 10.5. The minimum absolute atomic E-state index is 0.0159. The van der Waals surface area contributed by atoms with Crippen LogP contribution >= 0.6 is 0 Å². The normalized spacial score (nSPS) is 10.7. The molecule has 0 unspecified atom stereocenters. The lowest BCUT2D eigenvalue weighted by Gasteiger charge is -2.09. The number of nitrogens with zero attached hydrogens (tertiary/aromatic N) is 3. The Kier molecular flexibility index (Phi) is 4.20. The number of rotatable bonds is 5. The van der Waals surface area contributed by atoms with Gasteiger partial charge in [-0.05, 0) is 18.2 Å². The zero-order valence-electron chi connectivity index (χ0n) is 12.0. The maximum Gasteiger partial charge on any atom is 0.236 e. The number of ether oxygens (including phenoxy) is 2. The summed E-state index contributed by atoms with van der Waals surface area (Å²) in [6, 6.07) is 7.17. The van der Waals surface area contributed by atoms with Crippen LogP contribution in [0.5, 0.6) is 17.2 Å². The van der Waals surface area contributed by atoms with Gasteiger partial charge in [0.1, 0.15) is 11.5 Å². The van der Waals surface area contributed by atoms with Gasteiger partial charge >= 0.3 is 0 Å².